The van der Waals surface area contributed by atoms with Gasteiger partial charge in [-0.25, -0.2) is 9.82 Å². The summed E-state index contributed by atoms with van der Waals surface area (Å²) < 4.78 is 18.3. The number of aromatic nitrogens is 1. The number of nitrogens with one attached hydrogen (secondary N) is 1. The molecule has 0 fully saturated rings. The summed E-state index contributed by atoms with van der Waals surface area (Å²) in [6, 6.07) is 7.74. The van der Waals surface area contributed by atoms with Crippen LogP contribution >= 0.6 is 0 Å². The Kier molecular flexibility index (Phi) is 3.86. The Morgan fingerprint density at radius 2 is 2.11 bits per heavy atom. The molecule has 0 radical (unpaired) electrons. The zero-order chi connectivity index (χ0) is 13.0. The van der Waals surface area contributed by atoms with Crippen molar-refractivity contribution in [1.82, 2.24) is 10.4 Å². The van der Waals surface area contributed by atoms with Crippen LogP contribution in [0.4, 0.5) is 4.39 Å². The molecular weight excluding hydrogens is 233 g/mol. The zero-order valence-electron chi connectivity index (χ0n) is 9.93. The van der Waals surface area contributed by atoms with Crippen LogP contribution in [0.3, 0.4) is 0 Å². The molecular formula is C13H14FN3O. The fourth-order valence-corrected chi connectivity index (χ4v) is 1.78. The van der Waals surface area contributed by atoms with E-state index in [4.69, 9.17) is 10.6 Å². The Morgan fingerprint density at radius 1 is 1.28 bits per heavy atom. The summed E-state index contributed by atoms with van der Waals surface area (Å²) in [5.41, 5.74) is 4.19. The average molecular weight is 247 g/mol. The Balaban J connectivity index is 2.38. The first kappa shape index (κ1) is 12.5. The zero-order valence-corrected chi connectivity index (χ0v) is 9.93. The van der Waals surface area contributed by atoms with E-state index >= 15 is 0 Å². The number of methoxy groups -OCH3 is 1. The molecule has 1 heterocycles. The highest BCUT2D eigenvalue weighted by Gasteiger charge is 2.14. The molecule has 2 aromatic rings. The van der Waals surface area contributed by atoms with E-state index in [-0.39, 0.29) is 11.9 Å². The third kappa shape index (κ3) is 2.64. The van der Waals surface area contributed by atoms with Gasteiger partial charge in [0.25, 0.3) is 0 Å². The van der Waals surface area contributed by atoms with Gasteiger partial charge in [0.05, 0.1) is 19.3 Å². The molecule has 3 N–H and O–H groups in total. The lowest BCUT2D eigenvalue weighted by Crippen LogP contribution is -2.29. The fraction of sp³-hybridized carbons (Fsp3) is 0.154. The minimum Gasteiger partial charge on any atom is -0.495 e. The first-order valence-corrected chi connectivity index (χ1v) is 5.45. The van der Waals surface area contributed by atoms with Gasteiger partial charge in [0.15, 0.2) is 0 Å². The van der Waals surface area contributed by atoms with E-state index in [0.717, 1.165) is 11.1 Å². The summed E-state index contributed by atoms with van der Waals surface area (Å²) >= 11 is 0. The number of pyridine rings is 1. The number of rotatable bonds is 4. The van der Waals surface area contributed by atoms with Crippen LogP contribution in [0.2, 0.25) is 0 Å². The Hall–Kier alpha value is -1.98. The molecule has 4 nitrogen and oxygen atoms in total. The molecule has 0 spiro atoms. The van der Waals surface area contributed by atoms with Crippen LogP contribution in [0.15, 0.2) is 42.7 Å². The van der Waals surface area contributed by atoms with Crippen molar-refractivity contribution in [2.45, 2.75) is 6.04 Å². The van der Waals surface area contributed by atoms with E-state index in [1.165, 1.54) is 12.1 Å². The van der Waals surface area contributed by atoms with E-state index in [0.29, 0.717) is 5.75 Å². The lowest BCUT2D eigenvalue weighted by molar-refractivity contribution is 0.411. The fourth-order valence-electron chi connectivity index (χ4n) is 1.78. The maximum absolute atomic E-state index is 13.2. The molecule has 1 unspecified atom stereocenters. The number of hydrogen-bond acceptors (Lipinski definition) is 4. The minimum atomic E-state index is -0.330. The van der Waals surface area contributed by atoms with Crippen molar-refractivity contribution in [2.75, 3.05) is 7.11 Å². The van der Waals surface area contributed by atoms with E-state index in [1.807, 2.05) is 6.07 Å². The number of nitrogens with zero attached hydrogens (tertiary/aromatic N) is 1. The topological polar surface area (TPSA) is 60.2 Å². The summed E-state index contributed by atoms with van der Waals surface area (Å²) in [6.07, 6.45) is 3.26. The lowest BCUT2D eigenvalue weighted by atomic mass is 10.0. The standard InChI is InChI=1S/C13H14FN3O/c1-18-12-6-10(7-16-8-12)13(17-15)9-3-2-4-11(14)5-9/h2-8,13,17H,15H2,1H3. The quantitative estimate of drug-likeness (QED) is 0.638. The molecule has 0 saturated heterocycles. The van der Waals surface area contributed by atoms with Crippen LogP contribution < -0.4 is 16.0 Å². The van der Waals surface area contributed by atoms with Gasteiger partial charge in [0.2, 0.25) is 0 Å². The maximum atomic E-state index is 13.2. The van der Waals surface area contributed by atoms with Gasteiger partial charge in [0.1, 0.15) is 11.6 Å². The molecule has 2 rings (SSSR count). The van der Waals surface area contributed by atoms with Crippen molar-refractivity contribution >= 4 is 0 Å². The van der Waals surface area contributed by atoms with Crippen molar-refractivity contribution in [3.8, 4) is 5.75 Å². The second-order valence-electron chi connectivity index (χ2n) is 3.81. The van der Waals surface area contributed by atoms with Crippen molar-refractivity contribution < 1.29 is 9.13 Å². The molecule has 0 bridgehead atoms. The van der Waals surface area contributed by atoms with Gasteiger partial charge in [-0.15, -0.1) is 0 Å². The number of hydrogen-bond donors (Lipinski definition) is 2. The molecule has 1 aromatic carbocycles. The highest BCUT2D eigenvalue weighted by atomic mass is 19.1. The average Bonchev–Trinajstić information content (AvgIpc) is 2.40. The maximum Gasteiger partial charge on any atom is 0.137 e. The summed E-state index contributed by atoms with van der Waals surface area (Å²) in [5, 5.41) is 0. The first-order valence-electron chi connectivity index (χ1n) is 5.45. The third-order valence-electron chi connectivity index (χ3n) is 2.65. The number of halogens is 1. The molecule has 0 saturated carbocycles. The molecule has 18 heavy (non-hydrogen) atoms. The molecule has 1 atom stereocenters. The highest BCUT2D eigenvalue weighted by Crippen LogP contribution is 2.23. The molecule has 0 aliphatic rings. The van der Waals surface area contributed by atoms with Gasteiger partial charge >= 0.3 is 0 Å². The Bertz CT molecular complexity index is 533. The number of hydrazine groups is 1. The van der Waals surface area contributed by atoms with E-state index < -0.39 is 0 Å². The van der Waals surface area contributed by atoms with Gasteiger partial charge in [-0.05, 0) is 29.3 Å². The van der Waals surface area contributed by atoms with Crippen molar-refractivity contribution in [3.05, 3.63) is 59.7 Å². The molecule has 0 aliphatic carbocycles. The van der Waals surface area contributed by atoms with Crippen molar-refractivity contribution in [1.29, 1.82) is 0 Å². The second-order valence-corrected chi connectivity index (χ2v) is 3.81. The predicted octanol–water partition coefficient (Wildman–Crippen LogP) is 1.78. The smallest absolute Gasteiger partial charge is 0.137 e. The van der Waals surface area contributed by atoms with Crippen molar-refractivity contribution in [3.63, 3.8) is 0 Å². The highest BCUT2D eigenvalue weighted by molar-refractivity contribution is 5.34. The molecule has 94 valence electrons. The van der Waals surface area contributed by atoms with Crippen LogP contribution in [0.5, 0.6) is 5.75 Å². The van der Waals surface area contributed by atoms with Gasteiger partial charge in [-0.1, -0.05) is 12.1 Å². The van der Waals surface area contributed by atoms with Gasteiger partial charge in [0, 0.05) is 6.20 Å². The van der Waals surface area contributed by atoms with Crippen LogP contribution in [0.1, 0.15) is 17.2 Å². The minimum absolute atomic E-state index is 0.302. The van der Waals surface area contributed by atoms with E-state index in [1.54, 1.807) is 31.6 Å². The van der Waals surface area contributed by atoms with Crippen LogP contribution in [-0.2, 0) is 0 Å². The van der Waals surface area contributed by atoms with E-state index in [2.05, 4.69) is 10.4 Å². The molecule has 0 amide bonds. The van der Waals surface area contributed by atoms with Gasteiger partial charge < -0.3 is 4.74 Å². The summed E-state index contributed by atoms with van der Waals surface area (Å²) in [4.78, 5) is 4.06. The molecule has 1 aromatic heterocycles. The van der Waals surface area contributed by atoms with Crippen LogP contribution in [-0.4, -0.2) is 12.1 Å². The molecule has 0 aliphatic heterocycles. The van der Waals surface area contributed by atoms with E-state index in [9.17, 15) is 4.39 Å². The summed E-state index contributed by atoms with van der Waals surface area (Å²) in [7, 11) is 1.56. The summed E-state index contributed by atoms with van der Waals surface area (Å²) in [5.74, 6) is 5.86. The van der Waals surface area contributed by atoms with Gasteiger partial charge in [-0.2, -0.15) is 0 Å². The number of ether oxygens (including phenoxy) is 1. The lowest BCUT2D eigenvalue weighted by Gasteiger charge is -2.17. The normalized spacial score (nSPS) is 12.2. The third-order valence-corrected chi connectivity index (χ3v) is 2.65. The second kappa shape index (κ2) is 5.57. The largest absolute Gasteiger partial charge is 0.495 e. The Morgan fingerprint density at radius 3 is 2.78 bits per heavy atom. The predicted molar refractivity (Wildman–Crippen MR) is 66.4 cm³/mol. The summed E-state index contributed by atoms with van der Waals surface area (Å²) in [6.45, 7) is 0. The van der Waals surface area contributed by atoms with Crippen LogP contribution in [0.25, 0.3) is 0 Å². The first-order chi connectivity index (χ1) is 8.74. The molecule has 5 heteroatoms. The number of nitrogens with two attached hydrogens (primary N) is 1. The van der Waals surface area contributed by atoms with Gasteiger partial charge in [-0.3, -0.25) is 10.8 Å². The monoisotopic (exact) mass is 247 g/mol. The van der Waals surface area contributed by atoms with Crippen LogP contribution in [0, 0.1) is 5.82 Å². The Labute approximate surface area is 105 Å². The van der Waals surface area contributed by atoms with Crippen molar-refractivity contribution in [2.24, 2.45) is 5.84 Å². The SMILES string of the molecule is COc1cncc(C(NN)c2cccc(F)c2)c1. The number of benzene rings is 1.